The Labute approximate surface area is 195 Å². The summed E-state index contributed by atoms with van der Waals surface area (Å²) in [6.07, 6.45) is 3.34. The number of rotatable bonds is 4. The predicted molar refractivity (Wildman–Crippen MR) is 133 cm³/mol. The summed E-state index contributed by atoms with van der Waals surface area (Å²) in [7, 11) is 1.58. The van der Waals surface area contributed by atoms with Crippen LogP contribution in [0.1, 0.15) is 11.1 Å². The number of aromatic nitrogens is 2. The summed E-state index contributed by atoms with van der Waals surface area (Å²) < 4.78 is 8.30. The van der Waals surface area contributed by atoms with Crippen LogP contribution in [-0.4, -0.2) is 27.6 Å². The van der Waals surface area contributed by atoms with Crippen LogP contribution in [0.5, 0.6) is 11.6 Å². The second-order valence-electron chi connectivity index (χ2n) is 7.40. The van der Waals surface area contributed by atoms with Crippen molar-refractivity contribution in [2.75, 3.05) is 7.11 Å². The van der Waals surface area contributed by atoms with Crippen molar-refractivity contribution in [3.63, 3.8) is 0 Å². The first-order chi connectivity index (χ1) is 16.1. The van der Waals surface area contributed by atoms with Crippen molar-refractivity contribution < 1.29 is 9.84 Å². The first-order valence-electron chi connectivity index (χ1n) is 10.2. The van der Waals surface area contributed by atoms with Gasteiger partial charge in [-0.15, -0.1) is 0 Å². The average Bonchev–Trinajstić information content (AvgIpc) is 3.26. The molecule has 5 rings (SSSR count). The van der Waals surface area contributed by atoms with Crippen molar-refractivity contribution in [2.24, 2.45) is 4.99 Å². The monoisotopic (exact) mass is 453 g/mol. The fourth-order valence-electron chi connectivity index (χ4n) is 3.82. The Hall–Kier alpha value is -4.23. The number of nitrogens with zero attached hydrogens (tertiary/aromatic N) is 3. The average molecular weight is 454 g/mol. The fraction of sp³-hybridized carbons (Fsp3) is 0.0385. The zero-order valence-electron chi connectivity index (χ0n) is 17.7. The number of para-hydroxylation sites is 2. The summed E-state index contributed by atoms with van der Waals surface area (Å²) in [4.78, 5) is 18.0. The van der Waals surface area contributed by atoms with Gasteiger partial charge in [-0.1, -0.05) is 36.4 Å². The lowest BCUT2D eigenvalue weighted by molar-refractivity contribution is 0.414. The van der Waals surface area contributed by atoms with E-state index in [4.69, 9.17) is 17.0 Å². The van der Waals surface area contributed by atoms with Crippen LogP contribution in [-0.2, 0) is 0 Å². The van der Waals surface area contributed by atoms with Gasteiger partial charge in [0.05, 0.1) is 24.2 Å². The highest BCUT2D eigenvalue weighted by Gasteiger charge is 2.20. The van der Waals surface area contributed by atoms with E-state index in [9.17, 15) is 9.90 Å². The van der Waals surface area contributed by atoms with Crippen LogP contribution in [0.15, 0.2) is 88.6 Å². The Bertz CT molecular complexity index is 1530. The molecule has 1 aliphatic heterocycles. The van der Waals surface area contributed by atoms with Gasteiger partial charge in [0.1, 0.15) is 11.3 Å². The summed E-state index contributed by atoms with van der Waals surface area (Å²) in [5.41, 5.74) is 3.34. The van der Waals surface area contributed by atoms with E-state index in [1.54, 1.807) is 55.8 Å². The first-order valence-corrected chi connectivity index (χ1v) is 10.7. The molecule has 1 aromatic heterocycles. The molecule has 0 bridgehead atoms. The zero-order valence-corrected chi connectivity index (χ0v) is 18.5. The Kier molecular flexibility index (Phi) is 5.24. The summed E-state index contributed by atoms with van der Waals surface area (Å²) in [5.74, 6) is 0.426. The molecular weight excluding hydrogens is 434 g/mol. The van der Waals surface area contributed by atoms with E-state index >= 15 is 0 Å². The Balaban J connectivity index is 1.81. The topological polar surface area (TPSA) is 68.8 Å². The fourth-order valence-corrected chi connectivity index (χ4v) is 4.20. The number of benzene rings is 3. The van der Waals surface area contributed by atoms with E-state index in [-0.39, 0.29) is 16.2 Å². The Morgan fingerprint density at radius 1 is 0.909 bits per heavy atom. The van der Waals surface area contributed by atoms with Gasteiger partial charge >= 0.3 is 0 Å². The van der Waals surface area contributed by atoms with Crippen molar-refractivity contribution in [2.45, 2.75) is 0 Å². The molecule has 0 spiro atoms. The summed E-state index contributed by atoms with van der Waals surface area (Å²) in [6, 6.07) is 23.9. The van der Waals surface area contributed by atoms with Crippen LogP contribution in [0, 0.1) is 4.77 Å². The number of methoxy groups -OCH3 is 1. The van der Waals surface area contributed by atoms with E-state index in [1.807, 2.05) is 42.5 Å². The molecule has 2 heterocycles. The van der Waals surface area contributed by atoms with Gasteiger partial charge in [-0.3, -0.25) is 18.9 Å². The molecule has 7 heteroatoms. The number of aliphatic imine (C=N–C) groups is 1. The van der Waals surface area contributed by atoms with Crippen LogP contribution in [0.3, 0.4) is 0 Å². The normalized spacial score (nSPS) is 13.3. The maximum Gasteiger partial charge on any atom is 0.270 e. The van der Waals surface area contributed by atoms with Gasteiger partial charge in [0.15, 0.2) is 4.77 Å². The minimum atomic E-state index is -0.418. The van der Waals surface area contributed by atoms with Crippen molar-refractivity contribution in [1.82, 2.24) is 9.13 Å². The van der Waals surface area contributed by atoms with E-state index in [2.05, 4.69) is 4.99 Å². The molecule has 0 saturated carbocycles. The van der Waals surface area contributed by atoms with E-state index in [1.165, 1.54) is 9.13 Å². The van der Waals surface area contributed by atoms with Crippen LogP contribution >= 0.6 is 12.2 Å². The molecule has 0 atom stereocenters. The summed E-state index contributed by atoms with van der Waals surface area (Å²) in [6.45, 7) is 0. The molecular formula is C26H19N3O3S. The lowest BCUT2D eigenvalue weighted by atomic mass is 10.1. The summed E-state index contributed by atoms with van der Waals surface area (Å²) >= 11 is 5.69. The molecule has 1 N–H and O–H groups in total. The minimum absolute atomic E-state index is 0.112. The molecule has 33 heavy (non-hydrogen) atoms. The third-order valence-electron chi connectivity index (χ3n) is 5.47. The smallest absolute Gasteiger partial charge is 0.270 e. The van der Waals surface area contributed by atoms with Gasteiger partial charge in [-0.05, 0) is 60.8 Å². The minimum Gasteiger partial charge on any atom is -0.497 e. The van der Waals surface area contributed by atoms with Gasteiger partial charge in [-0.25, -0.2) is 0 Å². The zero-order chi connectivity index (χ0) is 22.9. The molecule has 0 saturated heterocycles. The van der Waals surface area contributed by atoms with E-state index < -0.39 is 5.56 Å². The van der Waals surface area contributed by atoms with E-state index in [0.29, 0.717) is 17.1 Å². The van der Waals surface area contributed by atoms with Crippen molar-refractivity contribution in [3.05, 3.63) is 105 Å². The lowest BCUT2D eigenvalue weighted by Crippen LogP contribution is -2.25. The van der Waals surface area contributed by atoms with Crippen LogP contribution in [0.25, 0.3) is 23.0 Å². The molecule has 3 aromatic carbocycles. The Morgan fingerprint density at radius 3 is 2.30 bits per heavy atom. The van der Waals surface area contributed by atoms with Gasteiger partial charge in [-0.2, -0.15) is 0 Å². The van der Waals surface area contributed by atoms with Crippen LogP contribution in [0.4, 0.5) is 5.69 Å². The third-order valence-corrected chi connectivity index (χ3v) is 5.84. The maximum absolute atomic E-state index is 13.6. The van der Waals surface area contributed by atoms with Gasteiger partial charge in [0, 0.05) is 17.4 Å². The standard InChI is InChI=1S/C26H19N3O3S/c1-32-20-13-11-19(12-14-20)29-25(31)22(15-17-16-27-23-10-6-5-9-21(17)23)24(30)28(26(29)33)18-7-3-2-4-8-18/h2-16,31H,1H3/b17-15-. The molecule has 0 radical (unpaired) electrons. The molecule has 0 aliphatic carbocycles. The highest BCUT2D eigenvalue weighted by molar-refractivity contribution is 7.71. The molecule has 0 unspecified atom stereocenters. The largest absolute Gasteiger partial charge is 0.497 e. The highest BCUT2D eigenvalue weighted by atomic mass is 32.1. The third kappa shape index (κ3) is 3.58. The van der Waals surface area contributed by atoms with Gasteiger partial charge in [0.2, 0.25) is 5.88 Å². The van der Waals surface area contributed by atoms with Crippen LogP contribution in [0.2, 0.25) is 0 Å². The number of ether oxygens (including phenoxy) is 1. The second-order valence-corrected chi connectivity index (χ2v) is 7.77. The van der Waals surface area contributed by atoms with Gasteiger partial charge < -0.3 is 9.84 Å². The quantitative estimate of drug-likeness (QED) is 0.424. The van der Waals surface area contributed by atoms with Gasteiger partial charge in [0.25, 0.3) is 5.56 Å². The SMILES string of the molecule is COc1ccc(-n2c(O)c(/C=C3/C=Nc4ccccc43)c(=O)n(-c3ccccc3)c2=S)cc1. The first kappa shape index (κ1) is 20.7. The van der Waals surface area contributed by atoms with E-state index in [0.717, 1.165) is 16.8 Å². The van der Waals surface area contributed by atoms with Crippen molar-refractivity contribution in [1.29, 1.82) is 0 Å². The Morgan fingerprint density at radius 2 is 1.58 bits per heavy atom. The number of hydrogen-bond donors (Lipinski definition) is 1. The predicted octanol–water partition coefficient (Wildman–Crippen LogP) is 5.33. The molecule has 162 valence electrons. The maximum atomic E-state index is 13.6. The number of allylic oxidation sites excluding steroid dienone is 1. The molecule has 4 aromatic rings. The number of fused-ring (bicyclic) bond motifs is 1. The number of aromatic hydroxyl groups is 1. The number of hydrogen-bond acceptors (Lipinski definition) is 5. The van der Waals surface area contributed by atoms with Crippen molar-refractivity contribution >= 4 is 35.8 Å². The molecule has 0 amide bonds. The molecule has 6 nitrogen and oxygen atoms in total. The van der Waals surface area contributed by atoms with Crippen LogP contribution < -0.4 is 10.3 Å². The second kappa shape index (κ2) is 8.37. The molecule has 0 fully saturated rings. The lowest BCUT2D eigenvalue weighted by Gasteiger charge is -2.17. The van der Waals surface area contributed by atoms with Crippen molar-refractivity contribution in [3.8, 4) is 23.0 Å². The highest BCUT2D eigenvalue weighted by Crippen LogP contribution is 2.33. The summed E-state index contributed by atoms with van der Waals surface area (Å²) in [5, 5.41) is 11.3. The molecule has 1 aliphatic rings.